The van der Waals surface area contributed by atoms with Crippen molar-refractivity contribution in [3.63, 3.8) is 0 Å². The summed E-state index contributed by atoms with van der Waals surface area (Å²) in [6.45, 7) is 0.0964. The minimum absolute atomic E-state index is 0.0674. The highest BCUT2D eigenvalue weighted by Gasteiger charge is 2.40. The summed E-state index contributed by atoms with van der Waals surface area (Å²) in [7, 11) is 0. The van der Waals surface area contributed by atoms with Crippen molar-refractivity contribution in [2.24, 2.45) is 0 Å². The summed E-state index contributed by atoms with van der Waals surface area (Å²) in [5, 5.41) is 4.15. The van der Waals surface area contributed by atoms with E-state index in [0.717, 1.165) is 16.9 Å². The molecule has 1 heterocycles. The highest BCUT2D eigenvalue weighted by atomic mass is 32.1. The van der Waals surface area contributed by atoms with E-state index < -0.39 is 47.0 Å². The molecule has 0 saturated carbocycles. The molecule has 0 bridgehead atoms. The predicted octanol–water partition coefficient (Wildman–Crippen LogP) is 5.85. The molecular formula is C25H18F6N2O2S. The van der Waals surface area contributed by atoms with Crippen molar-refractivity contribution in [1.29, 1.82) is 0 Å². The normalized spacial score (nSPS) is 12.5. The van der Waals surface area contributed by atoms with Gasteiger partial charge in [0.1, 0.15) is 0 Å². The summed E-state index contributed by atoms with van der Waals surface area (Å²) in [5.41, 5.74) is -3.21. The lowest BCUT2D eigenvalue weighted by Crippen LogP contribution is -2.44. The second-order valence-electron chi connectivity index (χ2n) is 7.53. The van der Waals surface area contributed by atoms with Crippen molar-refractivity contribution in [2.45, 2.75) is 24.8 Å². The number of terminal acetylenes is 1. The number of nitrogens with one attached hydrogen (secondary N) is 1. The molecule has 0 saturated heterocycles. The average Bonchev–Trinajstić information content (AvgIpc) is 3.35. The van der Waals surface area contributed by atoms with Crippen molar-refractivity contribution in [1.82, 2.24) is 5.32 Å². The first-order valence-electron chi connectivity index (χ1n) is 10.4. The maximum Gasteiger partial charge on any atom is 0.416 e. The number of carbonyl (C=O) groups is 2. The Hall–Kier alpha value is -3.78. The lowest BCUT2D eigenvalue weighted by atomic mass is 10.0. The molecule has 0 spiro atoms. The maximum atomic E-state index is 13.5. The Balaban J connectivity index is 2.06. The van der Waals surface area contributed by atoms with Crippen LogP contribution in [0.5, 0.6) is 0 Å². The maximum absolute atomic E-state index is 13.5. The summed E-state index contributed by atoms with van der Waals surface area (Å²) in [6.07, 6.45) is -4.70. The predicted molar refractivity (Wildman–Crippen MR) is 123 cm³/mol. The largest absolute Gasteiger partial charge is 0.416 e. The highest BCUT2D eigenvalue weighted by molar-refractivity contribution is 7.10. The molecule has 4 nitrogen and oxygen atoms in total. The molecule has 0 fully saturated rings. The number of rotatable bonds is 7. The summed E-state index contributed by atoms with van der Waals surface area (Å²) in [4.78, 5) is 26.6. The van der Waals surface area contributed by atoms with Gasteiger partial charge in [-0.1, -0.05) is 36.4 Å². The van der Waals surface area contributed by atoms with E-state index in [1.807, 2.05) is 18.2 Å². The number of amides is 2. The Morgan fingerprint density at radius 1 is 0.944 bits per heavy atom. The summed E-state index contributed by atoms with van der Waals surface area (Å²) < 4.78 is 80.7. The van der Waals surface area contributed by atoms with Crippen LogP contribution in [0.15, 0.2) is 66.0 Å². The molecule has 1 atom stereocenters. The van der Waals surface area contributed by atoms with E-state index in [0.29, 0.717) is 23.5 Å². The lowest BCUT2D eigenvalue weighted by molar-refractivity contribution is -0.143. The van der Waals surface area contributed by atoms with E-state index in [1.54, 1.807) is 23.4 Å². The number of nitrogens with zero attached hydrogens (tertiary/aromatic N) is 1. The third-order valence-corrected chi connectivity index (χ3v) is 5.99. The van der Waals surface area contributed by atoms with Crippen molar-refractivity contribution in [3.8, 4) is 12.3 Å². The van der Waals surface area contributed by atoms with Gasteiger partial charge in [0.25, 0.3) is 0 Å². The van der Waals surface area contributed by atoms with Crippen LogP contribution < -0.4 is 10.2 Å². The molecule has 1 N–H and O–H groups in total. The Bertz CT molecular complexity index is 1220. The Morgan fingerprint density at radius 3 is 2.06 bits per heavy atom. The molecule has 1 aromatic heterocycles. The standard InChI is InChI=1S/C25H18F6N2O2S/c1-2-21(34)33(19-14-17(24(26,27)28)13-18(15-19)25(29,30)31)22(20-9-6-12-36-20)23(35)32-11-10-16-7-4-3-5-8-16/h1,3-9,12-15,22H,10-11H2,(H,32,35). The molecule has 0 aliphatic heterocycles. The number of hydrogen-bond acceptors (Lipinski definition) is 3. The fraction of sp³-hybridized carbons (Fsp3) is 0.200. The van der Waals surface area contributed by atoms with E-state index in [4.69, 9.17) is 6.42 Å². The van der Waals surface area contributed by atoms with Crippen molar-refractivity contribution in [2.75, 3.05) is 11.4 Å². The molecular weight excluding hydrogens is 506 g/mol. The Labute approximate surface area is 206 Å². The minimum Gasteiger partial charge on any atom is -0.354 e. The zero-order valence-electron chi connectivity index (χ0n) is 18.4. The van der Waals surface area contributed by atoms with Crippen LogP contribution in [0.1, 0.15) is 27.6 Å². The minimum atomic E-state index is -5.16. The van der Waals surface area contributed by atoms with Crippen LogP contribution in [-0.4, -0.2) is 18.4 Å². The molecule has 2 amide bonds. The zero-order chi connectivity index (χ0) is 26.5. The van der Waals surface area contributed by atoms with Gasteiger partial charge in [0.05, 0.1) is 11.1 Å². The van der Waals surface area contributed by atoms with Crippen LogP contribution >= 0.6 is 11.3 Å². The monoisotopic (exact) mass is 524 g/mol. The van der Waals surface area contributed by atoms with Gasteiger partial charge in [-0.2, -0.15) is 26.3 Å². The fourth-order valence-electron chi connectivity index (χ4n) is 3.42. The molecule has 36 heavy (non-hydrogen) atoms. The third kappa shape index (κ3) is 6.46. The highest BCUT2D eigenvalue weighted by Crippen LogP contribution is 2.40. The SMILES string of the molecule is C#CC(=O)N(c1cc(C(F)(F)F)cc(C(F)(F)F)c1)C(C(=O)NCCc1ccccc1)c1cccs1. The number of carbonyl (C=O) groups excluding carboxylic acids is 2. The molecule has 0 aliphatic carbocycles. The number of halogens is 6. The summed E-state index contributed by atoms with van der Waals surface area (Å²) >= 11 is 0.992. The van der Waals surface area contributed by atoms with Gasteiger partial charge in [0.15, 0.2) is 6.04 Å². The van der Waals surface area contributed by atoms with E-state index in [2.05, 4.69) is 5.32 Å². The van der Waals surface area contributed by atoms with Crippen LogP contribution in [0.3, 0.4) is 0 Å². The first-order chi connectivity index (χ1) is 16.9. The molecule has 3 aromatic rings. The first-order valence-corrected chi connectivity index (χ1v) is 11.2. The fourth-order valence-corrected chi connectivity index (χ4v) is 4.24. The Kier molecular flexibility index (Phi) is 8.10. The number of alkyl halides is 6. The van der Waals surface area contributed by atoms with E-state index in [1.165, 1.54) is 12.1 Å². The Morgan fingerprint density at radius 2 is 1.56 bits per heavy atom. The average molecular weight is 524 g/mol. The van der Waals surface area contributed by atoms with Crippen LogP contribution in [-0.2, 0) is 28.4 Å². The van der Waals surface area contributed by atoms with E-state index in [-0.39, 0.29) is 17.5 Å². The van der Waals surface area contributed by atoms with Crippen LogP contribution in [0.25, 0.3) is 0 Å². The van der Waals surface area contributed by atoms with Crippen LogP contribution in [0.2, 0.25) is 0 Å². The topological polar surface area (TPSA) is 49.4 Å². The molecule has 0 aliphatic rings. The molecule has 188 valence electrons. The van der Waals surface area contributed by atoms with Gasteiger partial charge in [-0.25, -0.2) is 0 Å². The zero-order valence-corrected chi connectivity index (χ0v) is 19.2. The molecule has 3 rings (SSSR count). The number of anilines is 1. The van der Waals surface area contributed by atoms with Crippen LogP contribution in [0.4, 0.5) is 32.0 Å². The first kappa shape index (κ1) is 26.8. The van der Waals surface area contributed by atoms with E-state index in [9.17, 15) is 35.9 Å². The van der Waals surface area contributed by atoms with Gasteiger partial charge >= 0.3 is 18.3 Å². The summed E-state index contributed by atoms with van der Waals surface area (Å²) in [6, 6.07) is 11.0. The molecule has 2 aromatic carbocycles. The number of hydrogen-bond donors (Lipinski definition) is 1. The van der Waals surface area contributed by atoms with Crippen LogP contribution in [0, 0.1) is 12.3 Å². The van der Waals surface area contributed by atoms with Crippen molar-refractivity contribution < 1.29 is 35.9 Å². The number of thiophene rings is 1. The van der Waals surface area contributed by atoms with Gasteiger partial charge in [0.2, 0.25) is 5.91 Å². The quantitative estimate of drug-likeness (QED) is 0.311. The smallest absolute Gasteiger partial charge is 0.354 e. The third-order valence-electron chi connectivity index (χ3n) is 5.07. The second kappa shape index (κ2) is 10.9. The molecule has 1 unspecified atom stereocenters. The van der Waals surface area contributed by atoms with Gasteiger partial charge in [0, 0.05) is 17.1 Å². The van der Waals surface area contributed by atoms with Gasteiger partial charge in [-0.05, 0) is 47.6 Å². The molecule has 0 radical (unpaired) electrons. The van der Waals surface area contributed by atoms with E-state index >= 15 is 0 Å². The lowest BCUT2D eigenvalue weighted by Gasteiger charge is -2.30. The van der Waals surface area contributed by atoms with Crippen molar-refractivity contribution >= 4 is 28.8 Å². The van der Waals surface area contributed by atoms with Gasteiger partial charge < -0.3 is 5.32 Å². The van der Waals surface area contributed by atoms with Gasteiger partial charge in [-0.3, -0.25) is 14.5 Å². The number of benzene rings is 2. The van der Waals surface area contributed by atoms with Crippen molar-refractivity contribution in [3.05, 3.63) is 87.6 Å². The summed E-state index contributed by atoms with van der Waals surface area (Å²) in [5.74, 6) is -0.387. The second-order valence-corrected chi connectivity index (χ2v) is 8.51. The molecule has 11 heteroatoms. The van der Waals surface area contributed by atoms with Gasteiger partial charge in [-0.15, -0.1) is 17.8 Å².